The summed E-state index contributed by atoms with van der Waals surface area (Å²) in [5, 5.41) is 0. The van der Waals surface area contributed by atoms with Gasteiger partial charge in [0.25, 0.3) is 0 Å². The Kier molecular flexibility index (Phi) is 2.83. The van der Waals surface area contributed by atoms with Crippen LogP contribution in [-0.2, 0) is 4.79 Å². The molecule has 3 heteroatoms. The number of nitrogens with zero attached hydrogens (tertiary/aromatic N) is 1. The highest BCUT2D eigenvalue weighted by molar-refractivity contribution is 9.10. The number of hydrogen-bond donors (Lipinski definition) is 0. The molecule has 0 atom stereocenters. The van der Waals surface area contributed by atoms with Gasteiger partial charge in [-0.1, -0.05) is 15.9 Å². The van der Waals surface area contributed by atoms with Crippen molar-refractivity contribution in [3.05, 3.63) is 27.7 Å². The first-order chi connectivity index (χ1) is 7.09. The molecule has 2 nitrogen and oxygen atoms in total. The van der Waals surface area contributed by atoms with Crippen molar-refractivity contribution in [2.45, 2.75) is 26.7 Å². The molecule has 0 N–H and O–H groups in total. The van der Waals surface area contributed by atoms with Crippen LogP contribution in [0.4, 0.5) is 5.69 Å². The van der Waals surface area contributed by atoms with Gasteiger partial charge in [-0.25, -0.2) is 0 Å². The average molecular weight is 268 g/mol. The molecule has 1 saturated heterocycles. The lowest BCUT2D eigenvalue weighted by Crippen LogP contribution is -2.25. The largest absolute Gasteiger partial charge is 0.312 e. The third kappa shape index (κ3) is 1.93. The molecule has 0 spiro atoms. The van der Waals surface area contributed by atoms with E-state index in [1.54, 1.807) is 0 Å². The van der Waals surface area contributed by atoms with Crippen molar-refractivity contribution in [3.63, 3.8) is 0 Å². The number of amides is 1. The van der Waals surface area contributed by atoms with Gasteiger partial charge in [-0.05, 0) is 43.5 Å². The maximum Gasteiger partial charge on any atom is 0.227 e. The molecule has 15 heavy (non-hydrogen) atoms. The van der Waals surface area contributed by atoms with E-state index >= 15 is 0 Å². The number of rotatable bonds is 1. The van der Waals surface area contributed by atoms with Crippen LogP contribution in [0.3, 0.4) is 0 Å². The van der Waals surface area contributed by atoms with E-state index in [1.807, 2.05) is 4.90 Å². The second-order valence-corrected chi connectivity index (χ2v) is 4.95. The van der Waals surface area contributed by atoms with Gasteiger partial charge in [0.05, 0.1) is 0 Å². The molecule has 0 bridgehead atoms. The Balaban J connectivity index is 2.47. The van der Waals surface area contributed by atoms with Gasteiger partial charge in [-0.15, -0.1) is 0 Å². The van der Waals surface area contributed by atoms with Crippen LogP contribution >= 0.6 is 15.9 Å². The number of benzene rings is 1. The van der Waals surface area contributed by atoms with E-state index in [9.17, 15) is 4.79 Å². The lowest BCUT2D eigenvalue weighted by atomic mass is 10.1. The quantitative estimate of drug-likeness (QED) is 0.766. The average Bonchev–Trinajstić information content (AvgIpc) is 2.50. The predicted octanol–water partition coefficient (Wildman–Crippen LogP) is 3.19. The van der Waals surface area contributed by atoms with Gasteiger partial charge in [0.15, 0.2) is 0 Å². The van der Waals surface area contributed by atoms with Crippen molar-refractivity contribution < 1.29 is 4.79 Å². The smallest absolute Gasteiger partial charge is 0.227 e. The first-order valence-electron chi connectivity index (χ1n) is 5.16. The van der Waals surface area contributed by atoms with Gasteiger partial charge in [0, 0.05) is 23.1 Å². The van der Waals surface area contributed by atoms with E-state index in [0.717, 1.165) is 34.3 Å². The SMILES string of the molecule is Cc1cc(Br)cc(C)c1N1CCCC1=O. The summed E-state index contributed by atoms with van der Waals surface area (Å²) in [6.45, 7) is 4.97. The predicted molar refractivity (Wildman–Crippen MR) is 65.2 cm³/mol. The highest BCUT2D eigenvalue weighted by Crippen LogP contribution is 2.31. The first kappa shape index (κ1) is 10.7. The molecule has 1 aromatic rings. The van der Waals surface area contributed by atoms with Crippen molar-refractivity contribution in [2.24, 2.45) is 0 Å². The molecule has 1 fully saturated rings. The van der Waals surface area contributed by atoms with E-state index in [2.05, 4.69) is 41.9 Å². The standard InChI is InChI=1S/C12H14BrNO/c1-8-6-10(13)7-9(2)12(8)14-5-3-4-11(14)15/h6-7H,3-5H2,1-2H3. The van der Waals surface area contributed by atoms with Crippen LogP contribution in [0.5, 0.6) is 0 Å². The molecule has 0 saturated carbocycles. The third-order valence-electron chi connectivity index (χ3n) is 2.80. The van der Waals surface area contributed by atoms with Gasteiger partial charge in [-0.2, -0.15) is 0 Å². The Hall–Kier alpha value is -0.830. The lowest BCUT2D eigenvalue weighted by Gasteiger charge is -2.21. The van der Waals surface area contributed by atoms with Crippen LogP contribution in [0.15, 0.2) is 16.6 Å². The highest BCUT2D eigenvalue weighted by atomic mass is 79.9. The van der Waals surface area contributed by atoms with Gasteiger partial charge >= 0.3 is 0 Å². The van der Waals surface area contributed by atoms with E-state index in [1.165, 1.54) is 0 Å². The lowest BCUT2D eigenvalue weighted by molar-refractivity contribution is -0.117. The number of halogens is 1. The monoisotopic (exact) mass is 267 g/mol. The van der Waals surface area contributed by atoms with Crippen molar-refractivity contribution >= 4 is 27.5 Å². The molecule has 80 valence electrons. The summed E-state index contributed by atoms with van der Waals surface area (Å²) >= 11 is 3.47. The molecule has 1 heterocycles. The molecule has 1 aliphatic heterocycles. The van der Waals surface area contributed by atoms with Crippen LogP contribution in [0.25, 0.3) is 0 Å². The Morgan fingerprint density at radius 2 is 1.87 bits per heavy atom. The van der Waals surface area contributed by atoms with Gasteiger partial charge in [0.1, 0.15) is 0 Å². The maximum absolute atomic E-state index is 11.7. The molecule has 1 amide bonds. The molecule has 1 aromatic carbocycles. The van der Waals surface area contributed by atoms with E-state index in [4.69, 9.17) is 0 Å². The summed E-state index contributed by atoms with van der Waals surface area (Å²) in [6.07, 6.45) is 1.67. The van der Waals surface area contributed by atoms with Crippen LogP contribution in [-0.4, -0.2) is 12.5 Å². The molecule has 1 aliphatic rings. The van der Waals surface area contributed by atoms with E-state index in [0.29, 0.717) is 6.42 Å². The minimum absolute atomic E-state index is 0.253. The number of aryl methyl sites for hydroxylation is 2. The number of hydrogen-bond acceptors (Lipinski definition) is 1. The van der Waals surface area contributed by atoms with Gasteiger partial charge in [0.2, 0.25) is 5.91 Å². The maximum atomic E-state index is 11.7. The minimum Gasteiger partial charge on any atom is -0.312 e. The van der Waals surface area contributed by atoms with Crippen molar-refractivity contribution in [1.29, 1.82) is 0 Å². The molecule has 0 aromatic heterocycles. The molecule has 2 rings (SSSR count). The fraction of sp³-hybridized carbons (Fsp3) is 0.417. The fourth-order valence-corrected chi connectivity index (χ4v) is 2.90. The summed E-state index contributed by atoms with van der Waals surface area (Å²) in [4.78, 5) is 13.6. The first-order valence-corrected chi connectivity index (χ1v) is 5.96. The zero-order chi connectivity index (χ0) is 11.0. The molecule has 0 aliphatic carbocycles. The Labute approximate surface area is 98.4 Å². The zero-order valence-corrected chi connectivity index (χ0v) is 10.6. The molecule has 0 unspecified atom stereocenters. The van der Waals surface area contributed by atoms with Gasteiger partial charge < -0.3 is 4.90 Å². The number of carbonyl (C=O) groups is 1. The summed E-state index contributed by atoms with van der Waals surface area (Å²) in [5.74, 6) is 0.253. The third-order valence-corrected chi connectivity index (χ3v) is 3.26. The minimum atomic E-state index is 0.253. The van der Waals surface area contributed by atoms with Crippen LogP contribution in [0.2, 0.25) is 0 Å². The second-order valence-electron chi connectivity index (χ2n) is 4.04. The number of carbonyl (C=O) groups excluding carboxylic acids is 1. The van der Waals surface area contributed by atoms with E-state index in [-0.39, 0.29) is 5.91 Å². The van der Waals surface area contributed by atoms with Crippen LogP contribution in [0, 0.1) is 13.8 Å². The van der Waals surface area contributed by atoms with E-state index < -0.39 is 0 Å². The summed E-state index contributed by atoms with van der Waals surface area (Å²) in [6, 6.07) is 4.13. The normalized spacial score (nSPS) is 16.2. The second kappa shape index (κ2) is 3.97. The van der Waals surface area contributed by atoms with Gasteiger partial charge in [-0.3, -0.25) is 4.79 Å². The van der Waals surface area contributed by atoms with Crippen molar-refractivity contribution in [2.75, 3.05) is 11.4 Å². The summed E-state index contributed by atoms with van der Waals surface area (Å²) in [7, 11) is 0. The Morgan fingerprint density at radius 3 is 2.33 bits per heavy atom. The fourth-order valence-electron chi connectivity index (χ4n) is 2.21. The Morgan fingerprint density at radius 1 is 1.27 bits per heavy atom. The Bertz CT molecular complexity index is 391. The number of anilines is 1. The summed E-state index contributed by atoms with van der Waals surface area (Å²) in [5.41, 5.74) is 3.43. The topological polar surface area (TPSA) is 20.3 Å². The van der Waals surface area contributed by atoms with Crippen molar-refractivity contribution in [1.82, 2.24) is 0 Å². The molecule has 0 radical (unpaired) electrons. The summed E-state index contributed by atoms with van der Waals surface area (Å²) < 4.78 is 1.08. The zero-order valence-electron chi connectivity index (χ0n) is 9.01. The van der Waals surface area contributed by atoms with Crippen molar-refractivity contribution in [3.8, 4) is 0 Å². The van der Waals surface area contributed by atoms with Crippen LogP contribution in [0.1, 0.15) is 24.0 Å². The molecular formula is C12H14BrNO. The molecular weight excluding hydrogens is 254 g/mol. The van der Waals surface area contributed by atoms with Crippen LogP contribution < -0.4 is 4.90 Å². The highest BCUT2D eigenvalue weighted by Gasteiger charge is 2.24.